The first kappa shape index (κ1) is 44.7. The molecule has 0 N–H and O–H groups in total. The summed E-state index contributed by atoms with van der Waals surface area (Å²) in [5, 5.41) is 7.36. The van der Waals surface area contributed by atoms with Crippen molar-refractivity contribution in [2.24, 2.45) is 0 Å². The van der Waals surface area contributed by atoms with Crippen LogP contribution in [0.2, 0.25) is 0 Å². The van der Waals surface area contributed by atoms with Crippen LogP contribution in [0.4, 0.5) is 17.1 Å². The molecule has 0 spiro atoms. The minimum absolute atomic E-state index is 1.08. The number of nitrogens with zero attached hydrogens (tertiary/aromatic N) is 2. The third-order valence-electron chi connectivity index (χ3n) is 15.1. The van der Waals surface area contributed by atoms with E-state index in [-0.39, 0.29) is 0 Å². The van der Waals surface area contributed by atoms with E-state index < -0.39 is 0 Å². The van der Waals surface area contributed by atoms with Crippen molar-refractivity contribution >= 4 is 60.4 Å². The summed E-state index contributed by atoms with van der Waals surface area (Å²) < 4.78 is 2.47. The molecular formula is C74H50N2. The maximum atomic E-state index is 2.47. The summed E-state index contributed by atoms with van der Waals surface area (Å²) in [6, 6.07) is 111. The lowest BCUT2D eigenvalue weighted by Gasteiger charge is -2.29. The molecule has 76 heavy (non-hydrogen) atoms. The molecule has 0 fully saturated rings. The van der Waals surface area contributed by atoms with Gasteiger partial charge in [0.15, 0.2) is 0 Å². The third kappa shape index (κ3) is 8.19. The molecule has 0 saturated carbocycles. The molecule has 2 heteroatoms. The summed E-state index contributed by atoms with van der Waals surface area (Å²) in [5.74, 6) is 0. The molecule has 1 aromatic heterocycles. The van der Waals surface area contributed by atoms with Crippen molar-refractivity contribution in [2.45, 2.75) is 0 Å². The van der Waals surface area contributed by atoms with Gasteiger partial charge in [-0.25, -0.2) is 0 Å². The second-order valence-electron chi connectivity index (χ2n) is 19.7. The smallest absolute Gasteiger partial charge is 0.0541 e. The van der Waals surface area contributed by atoms with E-state index in [1.165, 1.54) is 87.9 Å². The summed E-state index contributed by atoms with van der Waals surface area (Å²) in [6.45, 7) is 0. The molecular weight excluding hydrogens is 917 g/mol. The van der Waals surface area contributed by atoms with Crippen LogP contribution < -0.4 is 4.90 Å². The number of aromatic nitrogens is 1. The molecule has 0 atom stereocenters. The highest BCUT2D eigenvalue weighted by Crippen LogP contribution is 2.45. The predicted molar refractivity (Wildman–Crippen MR) is 323 cm³/mol. The monoisotopic (exact) mass is 966 g/mol. The quantitative estimate of drug-likeness (QED) is 0.133. The van der Waals surface area contributed by atoms with Crippen LogP contribution in [0.1, 0.15) is 0 Å². The largest absolute Gasteiger partial charge is 0.310 e. The van der Waals surface area contributed by atoms with Crippen molar-refractivity contribution in [3.8, 4) is 72.4 Å². The van der Waals surface area contributed by atoms with E-state index in [1.807, 2.05) is 0 Å². The number of para-hydroxylation sites is 2. The van der Waals surface area contributed by atoms with Crippen molar-refractivity contribution in [2.75, 3.05) is 4.90 Å². The topological polar surface area (TPSA) is 8.17 Å². The third-order valence-corrected chi connectivity index (χ3v) is 15.1. The van der Waals surface area contributed by atoms with Crippen LogP contribution in [0.3, 0.4) is 0 Å². The minimum Gasteiger partial charge on any atom is -0.310 e. The Labute approximate surface area is 443 Å². The number of rotatable bonds is 10. The molecule has 356 valence electrons. The van der Waals surface area contributed by atoms with Gasteiger partial charge in [-0.3, -0.25) is 0 Å². The van der Waals surface area contributed by atoms with E-state index in [4.69, 9.17) is 0 Å². The fraction of sp³-hybridized carbons (Fsp3) is 0. The van der Waals surface area contributed by atoms with Gasteiger partial charge in [0, 0.05) is 33.4 Å². The van der Waals surface area contributed by atoms with E-state index in [1.54, 1.807) is 0 Å². The lowest BCUT2D eigenvalue weighted by molar-refractivity contribution is 1.18. The first-order valence-electron chi connectivity index (χ1n) is 26.1. The van der Waals surface area contributed by atoms with Crippen LogP contribution in [-0.2, 0) is 0 Å². The molecule has 0 aliphatic heterocycles. The molecule has 14 rings (SSSR count). The Morgan fingerprint density at radius 2 is 0.711 bits per heavy atom. The van der Waals surface area contributed by atoms with E-state index in [9.17, 15) is 0 Å². The van der Waals surface area contributed by atoms with Crippen LogP contribution in [0, 0.1) is 0 Å². The Balaban J connectivity index is 0.901. The number of hydrogen-bond acceptors (Lipinski definition) is 1. The van der Waals surface area contributed by atoms with Crippen molar-refractivity contribution in [1.82, 2.24) is 4.57 Å². The van der Waals surface area contributed by atoms with Crippen molar-refractivity contribution in [1.29, 1.82) is 0 Å². The Bertz CT molecular complexity index is 4360. The standard InChI is InChI=1S/C74H50N2/c1-4-19-51(20-5-1)59-39-41-73(70(49-59)54-23-6-2-7-24-54)75(64-28-8-3-9-29-64)65-30-18-27-60(46-65)67-31-14-15-32-68(67)61-40-42-74-71(50-61)69-33-16-17-34-72(69)76(74)66-47-62(57-37-35-52-21-10-12-25-55(52)43-57)45-63(48-66)58-38-36-53-22-11-13-26-56(53)44-58/h1-50H. The maximum Gasteiger partial charge on any atom is 0.0541 e. The SMILES string of the molecule is c1ccc(-c2ccc(N(c3ccccc3)c3cccc(-c4ccccc4-c4ccc5c(c4)c4ccccc4n5-c4cc(-c5ccc6ccccc6c5)cc(-c5ccc6ccccc6c5)c4)c3)c(-c3ccccc3)c2)cc1. The maximum absolute atomic E-state index is 2.47. The molecule has 0 amide bonds. The zero-order valence-electron chi connectivity index (χ0n) is 41.8. The molecule has 0 aliphatic carbocycles. The van der Waals surface area contributed by atoms with Gasteiger partial charge in [-0.15, -0.1) is 0 Å². The summed E-state index contributed by atoms with van der Waals surface area (Å²) in [6.07, 6.45) is 0. The van der Waals surface area contributed by atoms with Crippen LogP contribution in [0.5, 0.6) is 0 Å². The molecule has 1 heterocycles. The van der Waals surface area contributed by atoms with Gasteiger partial charge in [-0.2, -0.15) is 0 Å². The van der Waals surface area contributed by atoms with E-state index >= 15 is 0 Å². The predicted octanol–water partition coefficient (Wildman–Crippen LogP) is 20.6. The average molecular weight is 967 g/mol. The van der Waals surface area contributed by atoms with Crippen LogP contribution in [0.15, 0.2) is 303 Å². The van der Waals surface area contributed by atoms with Gasteiger partial charge >= 0.3 is 0 Å². The number of anilines is 3. The van der Waals surface area contributed by atoms with Crippen LogP contribution in [0.25, 0.3) is 116 Å². The lowest BCUT2D eigenvalue weighted by Crippen LogP contribution is -2.11. The zero-order chi connectivity index (χ0) is 50.4. The Morgan fingerprint density at radius 1 is 0.224 bits per heavy atom. The van der Waals surface area contributed by atoms with E-state index in [0.717, 1.165) is 45.0 Å². The number of benzene rings is 13. The second kappa shape index (κ2) is 19.1. The summed E-state index contributed by atoms with van der Waals surface area (Å²) >= 11 is 0. The summed E-state index contributed by atoms with van der Waals surface area (Å²) in [7, 11) is 0. The second-order valence-corrected chi connectivity index (χ2v) is 19.7. The molecule has 0 aliphatic rings. The van der Waals surface area contributed by atoms with E-state index in [2.05, 4.69) is 313 Å². The van der Waals surface area contributed by atoms with Gasteiger partial charge in [-0.1, -0.05) is 218 Å². The highest BCUT2D eigenvalue weighted by molar-refractivity contribution is 6.11. The van der Waals surface area contributed by atoms with Gasteiger partial charge in [0.25, 0.3) is 0 Å². The molecule has 0 radical (unpaired) electrons. The Hall–Kier alpha value is -10.0. The van der Waals surface area contributed by atoms with Crippen LogP contribution in [-0.4, -0.2) is 4.57 Å². The Kier molecular flexibility index (Phi) is 11.2. The van der Waals surface area contributed by atoms with Gasteiger partial charge < -0.3 is 9.47 Å². The van der Waals surface area contributed by atoms with Gasteiger partial charge in [0.05, 0.1) is 16.7 Å². The fourth-order valence-electron chi connectivity index (χ4n) is 11.4. The molecule has 13 aromatic carbocycles. The zero-order valence-corrected chi connectivity index (χ0v) is 41.8. The highest BCUT2D eigenvalue weighted by Gasteiger charge is 2.21. The average Bonchev–Trinajstić information content (AvgIpc) is 3.84. The van der Waals surface area contributed by atoms with Crippen molar-refractivity contribution < 1.29 is 0 Å². The van der Waals surface area contributed by atoms with Crippen molar-refractivity contribution in [3.05, 3.63) is 303 Å². The molecule has 2 nitrogen and oxygen atoms in total. The molecule has 0 bridgehead atoms. The van der Waals surface area contributed by atoms with Crippen LogP contribution >= 0.6 is 0 Å². The first-order valence-corrected chi connectivity index (χ1v) is 26.1. The first-order chi connectivity index (χ1) is 37.7. The Morgan fingerprint density at radius 3 is 1.38 bits per heavy atom. The lowest BCUT2D eigenvalue weighted by atomic mass is 9.93. The molecule has 14 aromatic rings. The highest BCUT2D eigenvalue weighted by atomic mass is 15.1. The fourth-order valence-corrected chi connectivity index (χ4v) is 11.4. The number of hydrogen-bond donors (Lipinski definition) is 0. The van der Waals surface area contributed by atoms with Crippen molar-refractivity contribution in [3.63, 3.8) is 0 Å². The van der Waals surface area contributed by atoms with E-state index in [0.29, 0.717) is 0 Å². The van der Waals surface area contributed by atoms with Gasteiger partial charge in [0.2, 0.25) is 0 Å². The van der Waals surface area contributed by atoms with Gasteiger partial charge in [0.1, 0.15) is 0 Å². The summed E-state index contributed by atoms with van der Waals surface area (Å²) in [5.41, 5.74) is 20.8. The summed E-state index contributed by atoms with van der Waals surface area (Å²) in [4.78, 5) is 2.41. The molecule has 0 saturated heterocycles. The minimum atomic E-state index is 1.08. The van der Waals surface area contributed by atoms with Gasteiger partial charge in [-0.05, 0) is 168 Å². The normalized spacial score (nSPS) is 11.4. The number of fused-ring (bicyclic) bond motifs is 5. The molecule has 0 unspecified atom stereocenters.